The molecular weight excluding hydrogens is 324 g/mol. The first-order chi connectivity index (χ1) is 11.6. The van der Waals surface area contributed by atoms with Crippen molar-refractivity contribution in [3.8, 4) is 0 Å². The third kappa shape index (κ3) is 2.52. The predicted octanol–water partition coefficient (Wildman–Crippen LogP) is 3.24. The fourth-order valence-corrected chi connectivity index (χ4v) is 3.49. The van der Waals surface area contributed by atoms with Crippen molar-refractivity contribution in [2.45, 2.75) is 13.5 Å². The predicted molar refractivity (Wildman–Crippen MR) is 92.0 cm³/mol. The number of pyridine rings is 1. The van der Waals surface area contributed by atoms with E-state index in [-0.39, 0.29) is 6.61 Å². The Labute approximate surface area is 141 Å². The van der Waals surface area contributed by atoms with E-state index in [1.54, 1.807) is 10.7 Å². The van der Waals surface area contributed by atoms with Crippen molar-refractivity contribution in [3.05, 3.63) is 52.8 Å². The van der Waals surface area contributed by atoms with Crippen molar-refractivity contribution < 1.29 is 9.53 Å². The minimum Gasteiger partial charge on any atom is -0.455 e. The van der Waals surface area contributed by atoms with Crippen LogP contribution in [0.15, 0.2) is 36.5 Å². The van der Waals surface area contributed by atoms with Crippen LogP contribution in [0.5, 0.6) is 0 Å². The van der Waals surface area contributed by atoms with E-state index in [1.807, 2.05) is 38.2 Å². The summed E-state index contributed by atoms with van der Waals surface area (Å²) in [6.07, 6.45) is 1.52. The number of fused-ring (bicyclic) bond motifs is 2. The second-order valence-corrected chi connectivity index (χ2v) is 6.57. The maximum atomic E-state index is 12.3. The average molecular weight is 338 g/mol. The van der Waals surface area contributed by atoms with Crippen LogP contribution in [0.4, 0.5) is 0 Å². The lowest BCUT2D eigenvalue weighted by Crippen LogP contribution is -2.06. The zero-order chi connectivity index (χ0) is 16.7. The molecule has 4 rings (SSSR count). The van der Waals surface area contributed by atoms with Crippen LogP contribution in [0.25, 0.3) is 21.3 Å². The van der Waals surface area contributed by atoms with E-state index in [9.17, 15) is 4.79 Å². The summed E-state index contributed by atoms with van der Waals surface area (Å²) >= 11 is 1.53. The van der Waals surface area contributed by atoms with Crippen molar-refractivity contribution in [3.63, 3.8) is 0 Å². The van der Waals surface area contributed by atoms with Crippen LogP contribution < -0.4 is 0 Å². The number of thiazole rings is 1. The smallest absolute Gasteiger partial charge is 0.340 e. The Bertz CT molecular complexity index is 1030. The van der Waals surface area contributed by atoms with Gasteiger partial charge in [-0.2, -0.15) is 5.10 Å². The Morgan fingerprint density at radius 3 is 3.00 bits per heavy atom. The van der Waals surface area contributed by atoms with Crippen molar-refractivity contribution in [1.82, 2.24) is 19.7 Å². The highest BCUT2D eigenvalue weighted by Crippen LogP contribution is 2.22. The van der Waals surface area contributed by atoms with Gasteiger partial charge in [0, 0.05) is 18.6 Å². The zero-order valence-electron chi connectivity index (χ0n) is 13.2. The van der Waals surface area contributed by atoms with Gasteiger partial charge in [0.15, 0.2) is 5.65 Å². The molecule has 0 radical (unpaired) electrons. The van der Waals surface area contributed by atoms with Gasteiger partial charge in [-0.05, 0) is 25.1 Å². The number of rotatable bonds is 3. The van der Waals surface area contributed by atoms with E-state index >= 15 is 0 Å². The lowest BCUT2D eigenvalue weighted by Gasteiger charge is -2.03. The summed E-state index contributed by atoms with van der Waals surface area (Å²) < 4.78 is 8.16. The summed E-state index contributed by atoms with van der Waals surface area (Å²) in [7, 11) is 1.83. The summed E-state index contributed by atoms with van der Waals surface area (Å²) in [6, 6.07) is 9.62. The van der Waals surface area contributed by atoms with Crippen LogP contribution in [-0.2, 0) is 18.4 Å². The van der Waals surface area contributed by atoms with Crippen molar-refractivity contribution in [2.75, 3.05) is 0 Å². The molecule has 0 saturated heterocycles. The third-order valence-electron chi connectivity index (χ3n) is 3.76. The van der Waals surface area contributed by atoms with Crippen molar-refractivity contribution in [2.24, 2.45) is 7.05 Å². The van der Waals surface area contributed by atoms with E-state index in [1.165, 1.54) is 17.5 Å². The van der Waals surface area contributed by atoms with Crippen LogP contribution >= 0.6 is 11.3 Å². The molecule has 6 nitrogen and oxygen atoms in total. The SMILES string of the molecule is Cc1nn(C)c2ncc(C(=O)OCc3nc4ccccc4s3)cc12. The quantitative estimate of drug-likeness (QED) is 0.536. The molecule has 3 aromatic heterocycles. The summed E-state index contributed by atoms with van der Waals surface area (Å²) in [5.74, 6) is -0.410. The molecule has 0 aliphatic heterocycles. The second kappa shape index (κ2) is 5.68. The highest BCUT2D eigenvalue weighted by Gasteiger charge is 2.14. The fraction of sp³-hybridized carbons (Fsp3) is 0.176. The molecule has 0 aliphatic carbocycles. The van der Waals surface area contributed by atoms with Crippen LogP contribution in [0, 0.1) is 6.92 Å². The first kappa shape index (κ1) is 14.8. The number of ether oxygens (including phenoxy) is 1. The van der Waals surface area contributed by atoms with Crippen molar-refractivity contribution in [1.29, 1.82) is 0 Å². The second-order valence-electron chi connectivity index (χ2n) is 5.46. The summed E-state index contributed by atoms with van der Waals surface area (Å²) in [5.41, 5.74) is 2.92. The molecule has 0 bridgehead atoms. The summed E-state index contributed by atoms with van der Waals surface area (Å²) in [4.78, 5) is 21.0. The lowest BCUT2D eigenvalue weighted by molar-refractivity contribution is 0.0472. The average Bonchev–Trinajstić information content (AvgIpc) is 3.13. The Morgan fingerprint density at radius 1 is 1.33 bits per heavy atom. The Hall–Kier alpha value is -2.80. The summed E-state index contributed by atoms with van der Waals surface area (Å²) in [6.45, 7) is 2.04. The van der Waals surface area contributed by atoms with Crippen LogP contribution in [0.1, 0.15) is 21.1 Å². The number of aromatic nitrogens is 4. The maximum Gasteiger partial charge on any atom is 0.340 e. The first-order valence-electron chi connectivity index (χ1n) is 7.43. The molecule has 24 heavy (non-hydrogen) atoms. The number of benzene rings is 1. The molecule has 0 unspecified atom stereocenters. The molecule has 1 aromatic carbocycles. The minimum atomic E-state index is -0.410. The van der Waals surface area contributed by atoms with Gasteiger partial charge in [0.25, 0.3) is 0 Å². The Kier molecular flexibility index (Phi) is 3.50. The molecule has 120 valence electrons. The number of esters is 1. The molecule has 0 saturated carbocycles. The van der Waals surface area contributed by atoms with E-state index in [0.29, 0.717) is 5.56 Å². The molecule has 0 N–H and O–H groups in total. The van der Waals surface area contributed by atoms with Gasteiger partial charge in [-0.15, -0.1) is 11.3 Å². The normalized spacial score (nSPS) is 11.2. The van der Waals surface area contributed by atoms with E-state index in [4.69, 9.17) is 4.74 Å². The Morgan fingerprint density at radius 2 is 2.17 bits per heavy atom. The van der Waals surface area contributed by atoms with Crippen LogP contribution in [-0.4, -0.2) is 25.7 Å². The molecule has 0 amide bonds. The topological polar surface area (TPSA) is 69.9 Å². The number of carbonyl (C=O) groups excluding carboxylic acids is 1. The number of aryl methyl sites for hydroxylation is 2. The van der Waals surface area contributed by atoms with Gasteiger partial charge in [0.05, 0.1) is 21.5 Å². The first-order valence-corrected chi connectivity index (χ1v) is 8.24. The fourth-order valence-electron chi connectivity index (χ4n) is 2.61. The monoisotopic (exact) mass is 338 g/mol. The number of hydrogen-bond donors (Lipinski definition) is 0. The van der Waals surface area contributed by atoms with E-state index < -0.39 is 5.97 Å². The van der Waals surface area contributed by atoms with E-state index in [2.05, 4.69) is 15.1 Å². The molecular formula is C17H14N4O2S. The zero-order valence-corrected chi connectivity index (χ0v) is 14.0. The van der Waals surface area contributed by atoms with Gasteiger partial charge >= 0.3 is 5.97 Å². The molecule has 7 heteroatoms. The Balaban J connectivity index is 1.54. The maximum absolute atomic E-state index is 12.3. The third-order valence-corrected chi connectivity index (χ3v) is 4.77. The summed E-state index contributed by atoms with van der Waals surface area (Å²) in [5, 5.41) is 5.93. The number of para-hydroxylation sites is 1. The lowest BCUT2D eigenvalue weighted by atomic mass is 10.2. The molecule has 0 fully saturated rings. The molecule has 3 heterocycles. The van der Waals surface area contributed by atoms with Gasteiger partial charge in [-0.25, -0.2) is 14.8 Å². The number of nitrogens with zero attached hydrogens (tertiary/aromatic N) is 4. The van der Waals surface area contributed by atoms with Crippen molar-refractivity contribution >= 4 is 38.6 Å². The molecule has 4 aromatic rings. The van der Waals surface area contributed by atoms with Gasteiger partial charge in [-0.3, -0.25) is 4.68 Å². The number of carbonyl (C=O) groups is 1. The van der Waals surface area contributed by atoms with Gasteiger partial charge in [-0.1, -0.05) is 12.1 Å². The molecule has 0 atom stereocenters. The molecule has 0 spiro atoms. The van der Waals surface area contributed by atoms with Crippen LogP contribution in [0.3, 0.4) is 0 Å². The number of hydrogen-bond acceptors (Lipinski definition) is 6. The van der Waals surface area contributed by atoms with Gasteiger partial charge in [0.2, 0.25) is 0 Å². The van der Waals surface area contributed by atoms with Gasteiger partial charge < -0.3 is 4.74 Å². The standard InChI is InChI=1S/C17H14N4O2S/c1-10-12-7-11(8-18-16(12)21(2)20-10)17(22)23-9-15-19-13-5-3-4-6-14(13)24-15/h3-8H,9H2,1-2H3. The molecule has 0 aliphatic rings. The van der Waals surface area contributed by atoms with Crippen LogP contribution in [0.2, 0.25) is 0 Å². The minimum absolute atomic E-state index is 0.155. The highest BCUT2D eigenvalue weighted by atomic mass is 32.1. The highest BCUT2D eigenvalue weighted by molar-refractivity contribution is 7.18. The van der Waals surface area contributed by atoms with E-state index in [0.717, 1.165) is 32.0 Å². The largest absolute Gasteiger partial charge is 0.455 e. The van der Waals surface area contributed by atoms with Gasteiger partial charge in [0.1, 0.15) is 11.6 Å².